The van der Waals surface area contributed by atoms with Crippen LogP contribution in [0.4, 0.5) is 0 Å². The fraction of sp³-hybridized carbons (Fsp3) is 0.412. The number of aryl methyl sites for hydroxylation is 1. The van der Waals surface area contributed by atoms with Crippen molar-refractivity contribution in [3.05, 3.63) is 44.9 Å². The third-order valence-electron chi connectivity index (χ3n) is 3.41. The molecule has 2 aromatic rings. The zero-order valence-electron chi connectivity index (χ0n) is 14.9. The van der Waals surface area contributed by atoms with Crippen molar-refractivity contribution in [3.8, 4) is 5.75 Å². The summed E-state index contributed by atoms with van der Waals surface area (Å²) in [5.41, 5.74) is 2.09. The number of aromatic nitrogens is 1. The highest BCUT2D eigenvalue weighted by molar-refractivity contribution is 14.0. The summed E-state index contributed by atoms with van der Waals surface area (Å²) in [6, 6.07) is 5.68. The Bertz CT molecular complexity index is 708. The quantitative estimate of drug-likeness (QED) is 0.369. The Kier molecular flexibility index (Phi) is 9.52. The van der Waals surface area contributed by atoms with Gasteiger partial charge in [-0.3, -0.25) is 4.99 Å². The van der Waals surface area contributed by atoms with Gasteiger partial charge in [-0.1, -0.05) is 17.7 Å². The first kappa shape index (κ1) is 22.0. The van der Waals surface area contributed by atoms with Gasteiger partial charge in [0, 0.05) is 36.6 Å². The fourth-order valence-electron chi connectivity index (χ4n) is 2.32. The fourth-order valence-corrected chi connectivity index (χ4v) is 3.09. The van der Waals surface area contributed by atoms with Crippen LogP contribution in [0.15, 0.2) is 28.6 Å². The van der Waals surface area contributed by atoms with Crippen LogP contribution in [-0.4, -0.2) is 36.5 Å². The molecule has 1 heterocycles. The van der Waals surface area contributed by atoms with Crippen LogP contribution in [0.25, 0.3) is 0 Å². The molecule has 0 unspecified atom stereocenters. The van der Waals surface area contributed by atoms with E-state index in [-0.39, 0.29) is 24.0 Å². The minimum atomic E-state index is 0. The molecule has 0 atom stereocenters. The van der Waals surface area contributed by atoms with E-state index in [0.29, 0.717) is 24.7 Å². The molecule has 0 saturated heterocycles. The summed E-state index contributed by atoms with van der Waals surface area (Å²) < 4.78 is 5.66. The summed E-state index contributed by atoms with van der Waals surface area (Å²) in [6.07, 6.45) is 0. The number of ether oxygens (including phenoxy) is 1. The molecule has 0 spiro atoms. The van der Waals surface area contributed by atoms with Crippen molar-refractivity contribution >= 4 is 52.9 Å². The molecule has 1 N–H and O–H groups in total. The van der Waals surface area contributed by atoms with E-state index in [9.17, 15) is 0 Å². The van der Waals surface area contributed by atoms with Gasteiger partial charge in [-0.05, 0) is 26.0 Å². The Morgan fingerprint density at radius 2 is 2.20 bits per heavy atom. The summed E-state index contributed by atoms with van der Waals surface area (Å²) in [4.78, 5) is 10.9. The van der Waals surface area contributed by atoms with E-state index >= 15 is 0 Å². The van der Waals surface area contributed by atoms with Crippen LogP contribution in [0.5, 0.6) is 5.75 Å². The van der Waals surface area contributed by atoms with Gasteiger partial charge < -0.3 is 15.0 Å². The second-order valence-electron chi connectivity index (χ2n) is 5.30. The van der Waals surface area contributed by atoms with Crippen LogP contribution in [0, 0.1) is 6.92 Å². The second kappa shape index (κ2) is 10.8. The van der Waals surface area contributed by atoms with E-state index in [1.807, 2.05) is 44.0 Å². The van der Waals surface area contributed by atoms with Crippen LogP contribution < -0.4 is 10.1 Å². The van der Waals surface area contributed by atoms with Gasteiger partial charge in [-0.15, -0.1) is 35.3 Å². The number of benzene rings is 1. The summed E-state index contributed by atoms with van der Waals surface area (Å²) in [5.74, 6) is 1.60. The maximum Gasteiger partial charge on any atom is 0.194 e. The molecular weight excluding hydrogens is 471 g/mol. The lowest BCUT2D eigenvalue weighted by Gasteiger charge is -2.22. The standard InChI is InChI=1S/C17H23ClN4OS.HI/c1-5-23-16-8-14(18)7-6-13(16)9-20-17(19-3)22(4)10-15-11-24-12(2)21-15;/h6-8,11H,5,9-10H2,1-4H3,(H,19,20);1H. The molecule has 0 saturated carbocycles. The molecular formula is C17H24ClIN4OS. The van der Waals surface area contributed by atoms with E-state index < -0.39 is 0 Å². The number of nitrogens with zero attached hydrogens (tertiary/aromatic N) is 3. The molecule has 8 heteroatoms. The number of thiazole rings is 1. The van der Waals surface area contributed by atoms with Crippen molar-refractivity contribution in [3.63, 3.8) is 0 Å². The SMILES string of the molecule is CCOc1cc(Cl)ccc1CNC(=NC)N(C)Cc1csc(C)n1.I. The number of nitrogens with one attached hydrogen (secondary N) is 1. The predicted molar refractivity (Wildman–Crippen MR) is 117 cm³/mol. The largest absolute Gasteiger partial charge is 0.493 e. The molecule has 0 bridgehead atoms. The van der Waals surface area contributed by atoms with E-state index in [2.05, 4.69) is 20.7 Å². The zero-order valence-corrected chi connectivity index (χ0v) is 18.8. The molecule has 0 aliphatic carbocycles. The Morgan fingerprint density at radius 3 is 2.80 bits per heavy atom. The van der Waals surface area contributed by atoms with Crippen molar-refractivity contribution in [1.29, 1.82) is 0 Å². The average molecular weight is 495 g/mol. The van der Waals surface area contributed by atoms with Crippen LogP contribution in [-0.2, 0) is 13.1 Å². The van der Waals surface area contributed by atoms with Crippen molar-refractivity contribution in [2.24, 2.45) is 4.99 Å². The molecule has 0 aliphatic rings. The lowest BCUT2D eigenvalue weighted by atomic mass is 10.2. The van der Waals surface area contributed by atoms with E-state index in [1.165, 1.54) is 0 Å². The van der Waals surface area contributed by atoms with Gasteiger partial charge in [0.05, 0.1) is 23.9 Å². The molecule has 0 amide bonds. The molecule has 0 fully saturated rings. The van der Waals surface area contributed by atoms with Gasteiger partial charge in [-0.2, -0.15) is 0 Å². The third-order valence-corrected chi connectivity index (χ3v) is 4.46. The van der Waals surface area contributed by atoms with E-state index in [1.54, 1.807) is 18.4 Å². The predicted octanol–water partition coefficient (Wildman–Crippen LogP) is 4.33. The minimum Gasteiger partial charge on any atom is -0.493 e. The summed E-state index contributed by atoms with van der Waals surface area (Å²) in [6.45, 7) is 5.89. The van der Waals surface area contributed by atoms with Gasteiger partial charge in [0.15, 0.2) is 5.96 Å². The van der Waals surface area contributed by atoms with Crippen LogP contribution in [0.1, 0.15) is 23.2 Å². The first-order valence-electron chi connectivity index (χ1n) is 7.77. The summed E-state index contributed by atoms with van der Waals surface area (Å²) >= 11 is 7.70. The highest BCUT2D eigenvalue weighted by Gasteiger charge is 2.10. The highest BCUT2D eigenvalue weighted by atomic mass is 127. The van der Waals surface area contributed by atoms with Crippen molar-refractivity contribution < 1.29 is 4.74 Å². The molecule has 1 aromatic carbocycles. The Labute approximate surface area is 175 Å². The molecule has 2 rings (SSSR count). The first-order chi connectivity index (χ1) is 11.5. The smallest absolute Gasteiger partial charge is 0.194 e. The van der Waals surface area contributed by atoms with Crippen molar-refractivity contribution in [1.82, 2.24) is 15.2 Å². The number of rotatable bonds is 6. The number of aliphatic imine (C=N–C) groups is 1. The first-order valence-corrected chi connectivity index (χ1v) is 9.03. The molecule has 25 heavy (non-hydrogen) atoms. The van der Waals surface area contributed by atoms with Gasteiger partial charge in [0.2, 0.25) is 0 Å². The Hall–Kier alpha value is -1.06. The Morgan fingerprint density at radius 1 is 1.44 bits per heavy atom. The Balaban J connectivity index is 0.00000312. The number of halogens is 2. The number of guanidine groups is 1. The summed E-state index contributed by atoms with van der Waals surface area (Å²) in [5, 5.41) is 7.18. The van der Waals surface area contributed by atoms with Crippen molar-refractivity contribution in [2.45, 2.75) is 26.9 Å². The zero-order chi connectivity index (χ0) is 17.5. The number of hydrogen-bond donors (Lipinski definition) is 1. The van der Waals surface area contributed by atoms with Crippen molar-refractivity contribution in [2.75, 3.05) is 20.7 Å². The normalized spacial score (nSPS) is 11.0. The molecule has 5 nitrogen and oxygen atoms in total. The van der Waals surface area contributed by atoms with Gasteiger partial charge >= 0.3 is 0 Å². The maximum atomic E-state index is 6.05. The topological polar surface area (TPSA) is 49.8 Å². The highest BCUT2D eigenvalue weighted by Crippen LogP contribution is 2.23. The minimum absolute atomic E-state index is 0. The van der Waals surface area contributed by atoms with Gasteiger partial charge in [-0.25, -0.2) is 4.98 Å². The van der Waals surface area contributed by atoms with E-state index in [4.69, 9.17) is 16.3 Å². The third kappa shape index (κ3) is 6.63. The lowest BCUT2D eigenvalue weighted by Crippen LogP contribution is -2.38. The summed E-state index contributed by atoms with van der Waals surface area (Å²) in [7, 11) is 3.77. The van der Waals surface area contributed by atoms with E-state index in [0.717, 1.165) is 28.0 Å². The molecule has 0 radical (unpaired) electrons. The molecule has 1 aromatic heterocycles. The molecule has 0 aliphatic heterocycles. The van der Waals surface area contributed by atoms with Crippen LogP contribution >= 0.6 is 46.9 Å². The number of hydrogen-bond acceptors (Lipinski definition) is 4. The second-order valence-corrected chi connectivity index (χ2v) is 6.80. The van der Waals surface area contributed by atoms with Crippen LogP contribution in [0.3, 0.4) is 0 Å². The molecule has 138 valence electrons. The monoisotopic (exact) mass is 494 g/mol. The maximum absolute atomic E-state index is 6.05. The van der Waals surface area contributed by atoms with Crippen LogP contribution in [0.2, 0.25) is 5.02 Å². The average Bonchev–Trinajstić information content (AvgIpc) is 2.95. The van der Waals surface area contributed by atoms with Gasteiger partial charge in [0.1, 0.15) is 5.75 Å². The lowest BCUT2D eigenvalue weighted by molar-refractivity contribution is 0.336. The van der Waals surface area contributed by atoms with Gasteiger partial charge in [0.25, 0.3) is 0 Å².